The van der Waals surface area contributed by atoms with Gasteiger partial charge in [-0.25, -0.2) is 4.68 Å². The highest BCUT2D eigenvalue weighted by Gasteiger charge is 2.11. The van der Waals surface area contributed by atoms with E-state index in [1.807, 2.05) is 42.5 Å². The summed E-state index contributed by atoms with van der Waals surface area (Å²) in [5.41, 5.74) is 2.46. The van der Waals surface area contributed by atoms with Crippen LogP contribution in [0.25, 0.3) is 16.3 Å². The Morgan fingerprint density at radius 3 is 2.37 bits per heavy atom. The zero-order chi connectivity index (χ0) is 20.9. The Bertz CT molecular complexity index is 1260. The quantitative estimate of drug-likeness (QED) is 0.248. The number of hydrogen-bond acceptors (Lipinski definition) is 6. The van der Waals surface area contributed by atoms with Crippen molar-refractivity contribution in [1.29, 1.82) is 0 Å². The highest BCUT2D eigenvalue weighted by atomic mass is 35.5. The van der Waals surface area contributed by atoms with E-state index in [0.29, 0.717) is 15.5 Å². The van der Waals surface area contributed by atoms with Gasteiger partial charge in [0.25, 0.3) is 5.69 Å². The van der Waals surface area contributed by atoms with Crippen LogP contribution in [0.15, 0.2) is 89.1 Å². The summed E-state index contributed by atoms with van der Waals surface area (Å²) in [6.45, 7) is 0. The lowest BCUT2D eigenvalue weighted by Crippen LogP contribution is -2.13. The topological polar surface area (TPSA) is 85.7 Å². The van der Waals surface area contributed by atoms with Crippen molar-refractivity contribution in [3.8, 4) is 16.3 Å². The van der Waals surface area contributed by atoms with Gasteiger partial charge in [0.05, 0.1) is 16.8 Å². The Hall–Kier alpha value is -3.62. The number of halogens is 1. The molecular weight excluding hydrogens is 422 g/mol. The molecule has 0 aliphatic heterocycles. The Balaban J connectivity index is 1.78. The number of aromatic nitrogens is 2. The molecule has 0 radical (unpaired) electrons. The molecule has 0 saturated carbocycles. The Morgan fingerprint density at radius 1 is 1.00 bits per heavy atom. The molecule has 3 aromatic carbocycles. The van der Waals surface area contributed by atoms with Crippen LogP contribution in [0.5, 0.6) is 0 Å². The first-order valence-electron chi connectivity index (χ1n) is 8.83. The average Bonchev–Trinajstić information content (AvgIpc) is 3.19. The lowest BCUT2D eigenvalue weighted by Gasteiger charge is -2.00. The Morgan fingerprint density at radius 2 is 1.70 bits per heavy atom. The predicted octanol–water partition coefficient (Wildman–Crippen LogP) is 5.10. The van der Waals surface area contributed by atoms with Crippen LogP contribution in [0.3, 0.4) is 0 Å². The van der Waals surface area contributed by atoms with E-state index in [-0.39, 0.29) is 5.69 Å². The molecule has 0 fully saturated rings. The summed E-state index contributed by atoms with van der Waals surface area (Å²) in [7, 11) is 0. The first kappa shape index (κ1) is 19.7. The van der Waals surface area contributed by atoms with E-state index in [4.69, 9.17) is 11.6 Å². The number of non-ortho nitro benzene ring substituents is 1. The van der Waals surface area contributed by atoms with Gasteiger partial charge in [0.2, 0.25) is 4.80 Å². The fraction of sp³-hybridized carbons (Fsp3) is 0. The number of nitro benzene ring substituents is 1. The number of benzene rings is 3. The van der Waals surface area contributed by atoms with Gasteiger partial charge >= 0.3 is 0 Å². The van der Waals surface area contributed by atoms with Crippen molar-refractivity contribution >= 4 is 34.8 Å². The SMILES string of the molecule is O=[N+]([O-])c1ccc(-n2nc(-c3ccc(Cl)cc3)s/c2=N/N=C/c2ccccc2)cc1. The molecule has 0 unspecified atom stereocenters. The molecule has 0 aliphatic carbocycles. The molecule has 4 aromatic rings. The van der Waals surface area contributed by atoms with Crippen LogP contribution in [0.2, 0.25) is 5.02 Å². The average molecular weight is 436 g/mol. The minimum atomic E-state index is -0.440. The van der Waals surface area contributed by atoms with Gasteiger partial charge < -0.3 is 0 Å². The molecular formula is C21H14ClN5O2S. The normalized spacial score (nSPS) is 11.8. The third kappa shape index (κ3) is 4.51. The lowest BCUT2D eigenvalue weighted by atomic mass is 10.2. The van der Waals surface area contributed by atoms with E-state index < -0.39 is 4.92 Å². The smallest absolute Gasteiger partial charge is 0.258 e. The second-order valence-corrected chi connectivity index (χ2v) is 7.53. The van der Waals surface area contributed by atoms with Crippen LogP contribution in [0.1, 0.15) is 5.56 Å². The standard InChI is InChI=1S/C21H14ClN5O2S/c22-17-8-6-16(7-9-17)20-25-26(18-10-12-19(13-11-18)27(28)29)21(30-20)24-23-14-15-4-2-1-3-5-15/h1-14H/b23-14+,24-21+. The molecule has 0 amide bonds. The van der Waals surface area contributed by atoms with Crippen LogP contribution in [-0.2, 0) is 0 Å². The molecule has 30 heavy (non-hydrogen) atoms. The number of rotatable bonds is 5. The monoisotopic (exact) mass is 435 g/mol. The minimum Gasteiger partial charge on any atom is -0.258 e. The van der Waals surface area contributed by atoms with Crippen molar-refractivity contribution in [3.05, 3.63) is 104 Å². The van der Waals surface area contributed by atoms with E-state index in [1.165, 1.54) is 23.5 Å². The van der Waals surface area contributed by atoms with Gasteiger partial charge in [-0.05, 0) is 29.8 Å². The third-order valence-corrected chi connectivity index (χ3v) is 5.31. The molecule has 0 aliphatic rings. The summed E-state index contributed by atoms with van der Waals surface area (Å²) >= 11 is 7.34. The first-order valence-corrected chi connectivity index (χ1v) is 10.0. The van der Waals surface area contributed by atoms with Gasteiger partial charge in [0.1, 0.15) is 5.01 Å². The van der Waals surface area contributed by atoms with Crippen molar-refractivity contribution in [2.45, 2.75) is 0 Å². The number of nitro groups is 1. The van der Waals surface area contributed by atoms with Gasteiger partial charge in [-0.1, -0.05) is 65.4 Å². The fourth-order valence-electron chi connectivity index (χ4n) is 2.62. The molecule has 1 aromatic heterocycles. The van der Waals surface area contributed by atoms with Crippen LogP contribution in [-0.4, -0.2) is 20.9 Å². The van der Waals surface area contributed by atoms with Crippen molar-refractivity contribution in [1.82, 2.24) is 9.78 Å². The molecule has 0 N–H and O–H groups in total. The predicted molar refractivity (Wildman–Crippen MR) is 118 cm³/mol. The van der Waals surface area contributed by atoms with Crippen molar-refractivity contribution in [2.75, 3.05) is 0 Å². The highest BCUT2D eigenvalue weighted by Crippen LogP contribution is 2.23. The second kappa shape index (κ2) is 8.81. The maximum Gasteiger partial charge on any atom is 0.269 e. The third-order valence-electron chi connectivity index (χ3n) is 4.11. The first-order chi connectivity index (χ1) is 14.6. The molecule has 7 nitrogen and oxygen atoms in total. The maximum atomic E-state index is 10.9. The summed E-state index contributed by atoms with van der Waals surface area (Å²) in [6.07, 6.45) is 1.65. The second-order valence-electron chi connectivity index (χ2n) is 6.14. The summed E-state index contributed by atoms with van der Waals surface area (Å²) in [6, 6.07) is 23.1. The van der Waals surface area contributed by atoms with E-state index in [9.17, 15) is 10.1 Å². The van der Waals surface area contributed by atoms with Gasteiger partial charge in [-0.15, -0.1) is 5.10 Å². The van der Waals surface area contributed by atoms with Crippen molar-refractivity contribution < 1.29 is 4.92 Å². The number of nitrogens with zero attached hydrogens (tertiary/aromatic N) is 5. The molecule has 4 rings (SSSR count). The Kier molecular flexibility index (Phi) is 5.78. The van der Waals surface area contributed by atoms with E-state index in [1.54, 1.807) is 35.2 Å². The zero-order valence-electron chi connectivity index (χ0n) is 15.4. The molecule has 1 heterocycles. The van der Waals surface area contributed by atoms with Gasteiger partial charge in [0, 0.05) is 22.7 Å². The molecule has 0 atom stereocenters. The molecule has 0 saturated heterocycles. The van der Waals surface area contributed by atoms with Gasteiger partial charge in [-0.2, -0.15) is 10.2 Å². The molecule has 148 valence electrons. The summed E-state index contributed by atoms with van der Waals surface area (Å²) in [4.78, 5) is 11.0. The Labute approximate surface area is 180 Å². The molecule has 9 heteroatoms. The van der Waals surface area contributed by atoms with E-state index in [0.717, 1.165) is 16.1 Å². The van der Waals surface area contributed by atoms with Crippen LogP contribution in [0.4, 0.5) is 5.69 Å². The maximum absolute atomic E-state index is 10.9. The number of hydrogen-bond donors (Lipinski definition) is 0. The van der Waals surface area contributed by atoms with Crippen LogP contribution in [0, 0.1) is 10.1 Å². The molecule has 0 bridgehead atoms. The van der Waals surface area contributed by atoms with E-state index >= 15 is 0 Å². The highest BCUT2D eigenvalue weighted by molar-refractivity contribution is 7.12. The van der Waals surface area contributed by atoms with Crippen LogP contribution >= 0.6 is 22.9 Å². The van der Waals surface area contributed by atoms with Gasteiger partial charge in [-0.3, -0.25) is 10.1 Å². The lowest BCUT2D eigenvalue weighted by molar-refractivity contribution is -0.384. The van der Waals surface area contributed by atoms with Crippen molar-refractivity contribution in [2.24, 2.45) is 10.2 Å². The van der Waals surface area contributed by atoms with E-state index in [2.05, 4.69) is 15.3 Å². The summed E-state index contributed by atoms with van der Waals surface area (Å²) < 4.78 is 1.61. The fourth-order valence-corrected chi connectivity index (χ4v) is 3.62. The van der Waals surface area contributed by atoms with Crippen LogP contribution < -0.4 is 4.80 Å². The summed E-state index contributed by atoms with van der Waals surface area (Å²) in [5, 5.41) is 25.4. The van der Waals surface area contributed by atoms with Crippen molar-refractivity contribution in [3.63, 3.8) is 0 Å². The molecule has 0 spiro atoms. The largest absolute Gasteiger partial charge is 0.269 e. The summed E-state index contributed by atoms with van der Waals surface area (Å²) in [5.74, 6) is 0. The van der Waals surface area contributed by atoms with Gasteiger partial charge in [0.15, 0.2) is 0 Å². The minimum absolute atomic E-state index is 0.00749. The zero-order valence-corrected chi connectivity index (χ0v) is 17.0.